The Morgan fingerprint density at radius 1 is 1.04 bits per heavy atom. The van der Waals surface area contributed by atoms with Crippen LogP contribution in [0.25, 0.3) is 5.76 Å². The zero-order chi connectivity index (χ0) is 18.8. The lowest BCUT2D eigenvalue weighted by molar-refractivity contribution is -0.481. The molecule has 0 bridgehead atoms. The van der Waals surface area contributed by atoms with Crippen molar-refractivity contribution in [3.05, 3.63) is 86.5 Å². The molecule has 26 heavy (non-hydrogen) atoms. The molecule has 3 rings (SSSR count). The summed E-state index contributed by atoms with van der Waals surface area (Å²) in [6.07, 6.45) is 0. The van der Waals surface area contributed by atoms with Crippen molar-refractivity contribution in [2.75, 3.05) is 6.54 Å². The van der Waals surface area contributed by atoms with Gasteiger partial charge in [0.1, 0.15) is 5.76 Å². The molecule has 0 saturated heterocycles. The number of hydrogen-bond acceptors (Lipinski definition) is 6. The number of rotatable bonds is 4. The summed E-state index contributed by atoms with van der Waals surface area (Å²) in [6.45, 7) is -0.674. The maximum atomic E-state index is 12.6. The Hall–Kier alpha value is -3.79. The number of carbonyl (C=O) groups is 2. The van der Waals surface area contributed by atoms with Crippen molar-refractivity contribution in [3.8, 4) is 6.07 Å². The lowest BCUT2D eigenvalue weighted by atomic mass is 9.79. The predicted octanol–water partition coefficient (Wildman–Crippen LogP) is 2.65. The number of nitriles is 1. The van der Waals surface area contributed by atoms with Crippen LogP contribution in [0.2, 0.25) is 0 Å². The third-order valence-corrected chi connectivity index (χ3v) is 4.26. The Balaban J connectivity index is 2.19. The molecule has 0 aliphatic heterocycles. The molecule has 0 spiro atoms. The number of Topliss-reactive ketones (excluding diaryl/α,β-unsaturated/α-hetero) is 2. The van der Waals surface area contributed by atoms with Gasteiger partial charge in [-0.15, -0.1) is 0 Å². The molecule has 7 nitrogen and oxygen atoms in total. The summed E-state index contributed by atoms with van der Waals surface area (Å²) in [5.41, 5.74) is 0.661. The van der Waals surface area contributed by atoms with Gasteiger partial charge in [0.25, 0.3) is 0 Å². The second-order valence-corrected chi connectivity index (χ2v) is 5.77. The Kier molecular flexibility index (Phi) is 4.33. The highest BCUT2D eigenvalue weighted by Gasteiger charge is 2.39. The van der Waals surface area contributed by atoms with Crippen LogP contribution in [0.3, 0.4) is 0 Å². The minimum atomic E-state index is -1.11. The van der Waals surface area contributed by atoms with Crippen molar-refractivity contribution in [3.63, 3.8) is 0 Å². The molecule has 1 N–H and O–H groups in total. The van der Waals surface area contributed by atoms with Crippen molar-refractivity contribution < 1.29 is 19.6 Å². The van der Waals surface area contributed by atoms with Crippen LogP contribution in [0.5, 0.6) is 0 Å². The number of aliphatic hydroxyl groups excluding tert-OH is 1. The van der Waals surface area contributed by atoms with Gasteiger partial charge in [0.2, 0.25) is 18.1 Å². The van der Waals surface area contributed by atoms with E-state index in [-0.39, 0.29) is 16.7 Å². The highest BCUT2D eigenvalue weighted by atomic mass is 16.6. The third-order valence-electron chi connectivity index (χ3n) is 4.26. The van der Waals surface area contributed by atoms with Crippen LogP contribution < -0.4 is 0 Å². The van der Waals surface area contributed by atoms with E-state index in [1.54, 1.807) is 12.1 Å². The van der Waals surface area contributed by atoms with Crippen LogP contribution in [0, 0.1) is 21.4 Å². The zero-order valence-corrected chi connectivity index (χ0v) is 13.4. The molecule has 2 aromatic carbocycles. The van der Waals surface area contributed by atoms with Crippen LogP contribution >= 0.6 is 0 Å². The monoisotopic (exact) mass is 348 g/mol. The molecule has 0 heterocycles. The summed E-state index contributed by atoms with van der Waals surface area (Å²) >= 11 is 0. The topological polar surface area (TPSA) is 121 Å². The number of ketones is 2. The number of nitrogens with zero attached hydrogens (tertiary/aromatic N) is 2. The zero-order valence-electron chi connectivity index (χ0n) is 13.4. The summed E-state index contributed by atoms with van der Waals surface area (Å²) in [5.74, 6) is -3.31. The molecule has 1 aliphatic carbocycles. The fraction of sp³-hybridized carbons (Fsp3) is 0.105. The second-order valence-electron chi connectivity index (χ2n) is 5.77. The van der Waals surface area contributed by atoms with Gasteiger partial charge in [-0.1, -0.05) is 36.4 Å². The van der Waals surface area contributed by atoms with E-state index in [9.17, 15) is 24.8 Å². The minimum Gasteiger partial charge on any atom is -0.507 e. The number of hydrogen-bond donors (Lipinski definition) is 1. The van der Waals surface area contributed by atoms with Crippen molar-refractivity contribution in [1.29, 1.82) is 5.26 Å². The van der Waals surface area contributed by atoms with E-state index in [2.05, 4.69) is 0 Å². The van der Waals surface area contributed by atoms with Crippen molar-refractivity contribution in [2.24, 2.45) is 0 Å². The van der Waals surface area contributed by atoms with Crippen LogP contribution in [-0.4, -0.2) is 28.1 Å². The van der Waals surface area contributed by atoms with Gasteiger partial charge in [-0.3, -0.25) is 19.7 Å². The van der Waals surface area contributed by atoms with Gasteiger partial charge < -0.3 is 5.11 Å². The van der Waals surface area contributed by atoms with Gasteiger partial charge in [-0.05, 0) is 17.7 Å². The summed E-state index contributed by atoms with van der Waals surface area (Å²) in [7, 11) is 0. The molecule has 0 fully saturated rings. The van der Waals surface area contributed by atoms with Gasteiger partial charge in [0, 0.05) is 16.1 Å². The van der Waals surface area contributed by atoms with E-state index in [0.29, 0.717) is 11.1 Å². The SMILES string of the molecule is N#Cc1ccc([C@H](C[N+](=O)[O-])C2=C(O)c3ccccc3C(=O)C2=O)cc1. The fourth-order valence-electron chi connectivity index (χ4n) is 3.01. The number of carbonyl (C=O) groups excluding carboxylic acids is 2. The molecular weight excluding hydrogens is 336 g/mol. The quantitative estimate of drug-likeness (QED) is 0.515. The molecule has 7 heteroatoms. The van der Waals surface area contributed by atoms with E-state index in [4.69, 9.17) is 5.26 Å². The van der Waals surface area contributed by atoms with Crippen LogP contribution in [0.15, 0.2) is 54.1 Å². The summed E-state index contributed by atoms with van der Waals surface area (Å²) in [5, 5.41) is 30.6. The number of fused-ring (bicyclic) bond motifs is 1. The standard InChI is InChI=1S/C19H12N2O5/c20-9-11-5-7-12(8-6-11)15(10-21(25)26)16-17(22)13-3-1-2-4-14(13)18(23)19(16)24/h1-8,15,22H,10H2/t15-/m0/s1. The molecule has 0 unspecified atom stereocenters. The smallest absolute Gasteiger partial charge is 0.234 e. The first kappa shape index (κ1) is 17.0. The highest BCUT2D eigenvalue weighted by molar-refractivity contribution is 6.52. The third kappa shape index (κ3) is 2.84. The second kappa shape index (κ2) is 6.61. The molecule has 0 aromatic heterocycles. The van der Waals surface area contributed by atoms with Crippen LogP contribution in [-0.2, 0) is 4.79 Å². The van der Waals surface area contributed by atoms with Gasteiger partial charge in [0.15, 0.2) is 0 Å². The molecule has 1 atom stereocenters. The number of benzene rings is 2. The Bertz CT molecular complexity index is 999. The molecule has 1 aliphatic rings. The van der Waals surface area contributed by atoms with E-state index >= 15 is 0 Å². The van der Waals surface area contributed by atoms with E-state index in [0.717, 1.165) is 0 Å². The Morgan fingerprint density at radius 3 is 2.23 bits per heavy atom. The van der Waals surface area contributed by atoms with Gasteiger partial charge in [-0.25, -0.2) is 0 Å². The Labute approximate surface area is 148 Å². The van der Waals surface area contributed by atoms with Crippen molar-refractivity contribution in [2.45, 2.75) is 5.92 Å². The van der Waals surface area contributed by atoms with Gasteiger partial charge in [0.05, 0.1) is 23.1 Å². The first-order chi connectivity index (χ1) is 12.4. The largest absolute Gasteiger partial charge is 0.507 e. The molecule has 0 radical (unpaired) electrons. The highest BCUT2D eigenvalue weighted by Crippen LogP contribution is 2.36. The maximum Gasteiger partial charge on any atom is 0.234 e. The molecule has 2 aromatic rings. The molecular formula is C19H12N2O5. The van der Waals surface area contributed by atoms with E-state index in [1.807, 2.05) is 6.07 Å². The normalized spacial score (nSPS) is 14.6. The average molecular weight is 348 g/mol. The van der Waals surface area contributed by atoms with Crippen molar-refractivity contribution in [1.82, 2.24) is 0 Å². The molecule has 0 saturated carbocycles. The first-order valence-corrected chi connectivity index (χ1v) is 7.67. The molecule has 128 valence electrons. The van der Waals surface area contributed by atoms with Crippen LogP contribution in [0.1, 0.15) is 33.0 Å². The number of aliphatic hydroxyl groups is 1. The number of nitro groups is 1. The molecule has 0 amide bonds. The summed E-state index contributed by atoms with van der Waals surface area (Å²) in [4.78, 5) is 35.5. The maximum absolute atomic E-state index is 12.6. The summed E-state index contributed by atoms with van der Waals surface area (Å²) in [6, 6.07) is 13.9. The Morgan fingerprint density at radius 2 is 1.65 bits per heavy atom. The minimum absolute atomic E-state index is 0.0680. The summed E-state index contributed by atoms with van der Waals surface area (Å²) < 4.78 is 0. The van der Waals surface area contributed by atoms with E-state index < -0.39 is 34.7 Å². The first-order valence-electron chi connectivity index (χ1n) is 7.67. The fourth-order valence-corrected chi connectivity index (χ4v) is 3.01. The average Bonchev–Trinajstić information content (AvgIpc) is 2.65. The van der Waals surface area contributed by atoms with Gasteiger partial charge >= 0.3 is 0 Å². The van der Waals surface area contributed by atoms with Crippen LogP contribution in [0.4, 0.5) is 0 Å². The van der Waals surface area contributed by atoms with Crippen molar-refractivity contribution >= 4 is 17.3 Å². The van der Waals surface area contributed by atoms with E-state index in [1.165, 1.54) is 36.4 Å². The lowest BCUT2D eigenvalue weighted by Gasteiger charge is -2.22. The lowest BCUT2D eigenvalue weighted by Crippen LogP contribution is -2.30. The predicted molar refractivity (Wildman–Crippen MR) is 91.1 cm³/mol. The van der Waals surface area contributed by atoms with Gasteiger partial charge in [-0.2, -0.15) is 5.26 Å².